The van der Waals surface area contributed by atoms with Crippen LogP contribution in [-0.4, -0.2) is 7.11 Å². The van der Waals surface area contributed by atoms with Crippen molar-refractivity contribution in [2.24, 2.45) is 0 Å². The first-order chi connectivity index (χ1) is 15.6. The molecule has 0 spiro atoms. The first kappa shape index (κ1) is 22.0. The maximum Gasteiger partial charge on any atom is 0.119 e. The molecule has 4 aromatic rings. The average molecular weight is 487 g/mol. The highest BCUT2D eigenvalue weighted by molar-refractivity contribution is 9.10. The van der Waals surface area contributed by atoms with Crippen LogP contribution in [0, 0.1) is 6.92 Å². The Balaban J connectivity index is 1.75. The minimum atomic E-state index is -0.00459. The fourth-order valence-electron chi connectivity index (χ4n) is 3.74. The second-order valence-corrected chi connectivity index (χ2v) is 8.72. The van der Waals surface area contributed by atoms with Crippen LogP contribution in [-0.2, 0) is 0 Å². The SMILES string of the molecule is COc1ccc(N[C@H](c2ccc(C)cc2)[C@H](Nc2ccc(Br)cc2)c2ccccc2)cc1. The van der Waals surface area contributed by atoms with Crippen LogP contribution in [0.1, 0.15) is 28.8 Å². The molecule has 2 atom stereocenters. The number of hydrogen-bond acceptors (Lipinski definition) is 3. The third-order valence-electron chi connectivity index (χ3n) is 5.51. The highest BCUT2D eigenvalue weighted by atomic mass is 79.9. The van der Waals surface area contributed by atoms with E-state index in [2.05, 4.69) is 124 Å². The molecule has 0 aliphatic carbocycles. The van der Waals surface area contributed by atoms with Gasteiger partial charge in [0.05, 0.1) is 19.2 Å². The van der Waals surface area contributed by atoms with Gasteiger partial charge >= 0.3 is 0 Å². The van der Waals surface area contributed by atoms with Crippen molar-refractivity contribution in [2.75, 3.05) is 17.7 Å². The van der Waals surface area contributed by atoms with E-state index in [1.807, 2.05) is 12.1 Å². The number of nitrogens with one attached hydrogen (secondary N) is 2. The fraction of sp³-hybridized carbons (Fsp3) is 0.143. The molecule has 2 N–H and O–H groups in total. The highest BCUT2D eigenvalue weighted by Crippen LogP contribution is 2.36. The Labute approximate surface area is 198 Å². The van der Waals surface area contributed by atoms with Gasteiger partial charge in [0, 0.05) is 15.8 Å². The van der Waals surface area contributed by atoms with Gasteiger partial charge in [-0.05, 0) is 66.6 Å². The lowest BCUT2D eigenvalue weighted by atomic mass is 9.92. The summed E-state index contributed by atoms with van der Waals surface area (Å²) in [6, 6.07) is 35.7. The summed E-state index contributed by atoms with van der Waals surface area (Å²) in [4.78, 5) is 0. The van der Waals surface area contributed by atoms with Crippen molar-refractivity contribution < 1.29 is 4.74 Å². The predicted octanol–water partition coefficient (Wildman–Crippen LogP) is 7.77. The van der Waals surface area contributed by atoms with Gasteiger partial charge in [-0.2, -0.15) is 0 Å². The Morgan fingerprint density at radius 3 is 1.66 bits per heavy atom. The summed E-state index contributed by atoms with van der Waals surface area (Å²) >= 11 is 3.53. The van der Waals surface area contributed by atoms with Gasteiger partial charge in [0.1, 0.15) is 5.75 Å². The molecule has 0 saturated heterocycles. The Kier molecular flexibility index (Phi) is 7.13. The predicted molar refractivity (Wildman–Crippen MR) is 137 cm³/mol. The van der Waals surface area contributed by atoms with Crippen LogP contribution >= 0.6 is 15.9 Å². The molecular weight excluding hydrogens is 460 g/mol. The number of aryl methyl sites for hydroxylation is 1. The molecule has 4 heteroatoms. The summed E-state index contributed by atoms with van der Waals surface area (Å²) in [7, 11) is 1.69. The van der Waals surface area contributed by atoms with E-state index >= 15 is 0 Å². The molecule has 0 saturated carbocycles. The summed E-state index contributed by atoms with van der Waals surface area (Å²) in [5.74, 6) is 0.843. The van der Waals surface area contributed by atoms with E-state index in [0.717, 1.165) is 21.6 Å². The molecule has 0 fully saturated rings. The zero-order chi connectivity index (χ0) is 22.3. The van der Waals surface area contributed by atoms with Crippen molar-refractivity contribution in [1.29, 1.82) is 0 Å². The zero-order valence-corrected chi connectivity index (χ0v) is 19.8. The number of hydrogen-bond donors (Lipinski definition) is 2. The van der Waals surface area contributed by atoms with E-state index in [4.69, 9.17) is 4.74 Å². The lowest BCUT2D eigenvalue weighted by Gasteiger charge is -2.31. The van der Waals surface area contributed by atoms with Gasteiger partial charge in [-0.1, -0.05) is 76.1 Å². The van der Waals surface area contributed by atoms with Gasteiger partial charge in [-0.25, -0.2) is 0 Å². The summed E-state index contributed by atoms with van der Waals surface area (Å²) in [6.07, 6.45) is 0. The van der Waals surface area contributed by atoms with Crippen molar-refractivity contribution in [3.8, 4) is 5.75 Å². The van der Waals surface area contributed by atoms with E-state index in [-0.39, 0.29) is 12.1 Å². The lowest BCUT2D eigenvalue weighted by molar-refractivity contribution is 0.415. The first-order valence-corrected chi connectivity index (χ1v) is 11.5. The van der Waals surface area contributed by atoms with Crippen LogP contribution in [0.2, 0.25) is 0 Å². The van der Waals surface area contributed by atoms with Gasteiger partial charge in [0.2, 0.25) is 0 Å². The van der Waals surface area contributed by atoms with E-state index in [1.165, 1.54) is 16.7 Å². The molecule has 0 bridgehead atoms. The standard InChI is InChI=1S/C28H27BrN2O/c1-20-8-10-22(11-9-20)28(31-25-16-18-26(32-2)19-17-25)27(21-6-4-3-5-7-21)30-24-14-12-23(29)13-15-24/h3-19,27-28,30-31H,1-2H3/t27-,28-/m1/s1. The van der Waals surface area contributed by atoms with Crippen molar-refractivity contribution in [2.45, 2.75) is 19.0 Å². The molecule has 4 aromatic carbocycles. The average Bonchev–Trinajstić information content (AvgIpc) is 2.84. The van der Waals surface area contributed by atoms with Crippen LogP contribution in [0.15, 0.2) is 108 Å². The molecule has 32 heavy (non-hydrogen) atoms. The van der Waals surface area contributed by atoms with Crippen molar-refractivity contribution in [3.63, 3.8) is 0 Å². The molecule has 0 radical (unpaired) electrons. The molecular formula is C28H27BrN2O. The van der Waals surface area contributed by atoms with E-state index in [9.17, 15) is 0 Å². The molecule has 0 heterocycles. The minimum Gasteiger partial charge on any atom is -0.497 e. The second-order valence-electron chi connectivity index (χ2n) is 7.80. The van der Waals surface area contributed by atoms with Gasteiger partial charge in [0.25, 0.3) is 0 Å². The van der Waals surface area contributed by atoms with Gasteiger partial charge in [-0.15, -0.1) is 0 Å². The van der Waals surface area contributed by atoms with Crippen molar-refractivity contribution >= 4 is 27.3 Å². The third-order valence-corrected chi connectivity index (χ3v) is 6.04. The fourth-order valence-corrected chi connectivity index (χ4v) is 4.01. The number of rotatable bonds is 8. The summed E-state index contributed by atoms with van der Waals surface area (Å²) < 4.78 is 6.39. The van der Waals surface area contributed by atoms with E-state index < -0.39 is 0 Å². The Morgan fingerprint density at radius 2 is 1.12 bits per heavy atom. The van der Waals surface area contributed by atoms with Gasteiger partial charge in [0.15, 0.2) is 0 Å². The molecule has 0 amide bonds. The van der Waals surface area contributed by atoms with Crippen LogP contribution < -0.4 is 15.4 Å². The quantitative estimate of drug-likeness (QED) is 0.266. The number of ether oxygens (including phenoxy) is 1. The highest BCUT2D eigenvalue weighted by Gasteiger charge is 2.25. The topological polar surface area (TPSA) is 33.3 Å². The molecule has 0 aliphatic heterocycles. The van der Waals surface area contributed by atoms with Crippen LogP contribution in [0.5, 0.6) is 5.75 Å². The Bertz CT molecular complexity index is 1110. The van der Waals surface area contributed by atoms with E-state index in [1.54, 1.807) is 7.11 Å². The lowest BCUT2D eigenvalue weighted by Crippen LogP contribution is -2.25. The van der Waals surface area contributed by atoms with Crippen LogP contribution in [0.25, 0.3) is 0 Å². The summed E-state index contributed by atoms with van der Waals surface area (Å²) in [6.45, 7) is 2.12. The third kappa shape index (κ3) is 5.51. The van der Waals surface area contributed by atoms with Gasteiger partial charge in [-0.3, -0.25) is 0 Å². The van der Waals surface area contributed by atoms with Crippen molar-refractivity contribution in [3.05, 3.63) is 124 Å². The zero-order valence-electron chi connectivity index (χ0n) is 18.3. The second kappa shape index (κ2) is 10.4. The number of benzene rings is 4. The molecule has 3 nitrogen and oxygen atoms in total. The van der Waals surface area contributed by atoms with E-state index in [0.29, 0.717) is 0 Å². The van der Waals surface area contributed by atoms with Crippen LogP contribution in [0.4, 0.5) is 11.4 Å². The number of halogens is 1. The molecule has 4 rings (SSSR count). The smallest absolute Gasteiger partial charge is 0.119 e. The molecule has 0 unspecified atom stereocenters. The number of methoxy groups -OCH3 is 1. The first-order valence-electron chi connectivity index (χ1n) is 10.7. The number of anilines is 2. The molecule has 162 valence electrons. The van der Waals surface area contributed by atoms with Crippen molar-refractivity contribution in [1.82, 2.24) is 0 Å². The molecule has 0 aromatic heterocycles. The molecule has 0 aliphatic rings. The minimum absolute atomic E-state index is 0.00202. The normalized spacial score (nSPS) is 12.6. The maximum atomic E-state index is 5.33. The summed E-state index contributed by atoms with van der Waals surface area (Å²) in [5, 5.41) is 7.54. The Morgan fingerprint density at radius 1 is 0.625 bits per heavy atom. The Hall–Kier alpha value is -3.24. The monoisotopic (exact) mass is 486 g/mol. The van der Waals surface area contributed by atoms with Gasteiger partial charge < -0.3 is 15.4 Å². The largest absolute Gasteiger partial charge is 0.497 e. The summed E-state index contributed by atoms with van der Waals surface area (Å²) in [5.41, 5.74) is 5.77. The van der Waals surface area contributed by atoms with Crippen LogP contribution in [0.3, 0.4) is 0 Å². The maximum absolute atomic E-state index is 5.33.